The SMILES string of the molecule is CCC[CH2][Sn]([CH2]CCC)([CH2]CCC)[c]1ccc(C(=O)ON2C(=O)CCC2=O)cc1.O=C(O)c1ccc(I)cc1.O=C(ON1C(=O)CCC1=O)c1ccc(I)cc1.O=C(ON1C(=O)CCC1=O)c1ccc([I+]c2cccs2)cc1. The van der Waals surface area contributed by atoms with Crippen molar-refractivity contribution < 1.29 is 88.8 Å². The number of unbranched alkanes of at least 4 members (excludes halogenated alkanes) is 3. The van der Waals surface area contributed by atoms with Gasteiger partial charge in [-0.2, -0.15) is 0 Å². The molecule has 0 saturated carbocycles. The Morgan fingerprint density at radius 2 is 0.821 bits per heavy atom. The molecule has 3 aliphatic heterocycles. The molecule has 4 heterocycles. The molecule has 0 radical (unpaired) electrons. The first kappa shape index (κ1) is 63.7. The van der Waals surface area contributed by atoms with E-state index >= 15 is 0 Å². The van der Waals surface area contributed by atoms with Crippen LogP contribution in [0.25, 0.3) is 0 Å². The van der Waals surface area contributed by atoms with E-state index < -0.39 is 77.7 Å². The number of carbonyl (C=O) groups excluding carboxylic acids is 9. The van der Waals surface area contributed by atoms with Gasteiger partial charge in [-0.15, -0.1) is 10.1 Å². The Labute approximate surface area is 498 Å². The van der Waals surface area contributed by atoms with Crippen molar-refractivity contribution in [3.05, 3.63) is 150 Å². The van der Waals surface area contributed by atoms with Crippen LogP contribution in [-0.2, 0) is 43.3 Å². The molecule has 78 heavy (non-hydrogen) atoms. The molecule has 0 unspecified atom stereocenters. The van der Waals surface area contributed by atoms with Crippen LogP contribution in [0, 0.1) is 13.6 Å². The number of hydrogen-bond acceptors (Lipinski definition) is 14. The zero-order valence-electron chi connectivity index (χ0n) is 43.2. The van der Waals surface area contributed by atoms with Crippen molar-refractivity contribution >= 4 is 138 Å². The Hall–Kier alpha value is -5.13. The standard InChI is InChI=1S/C15H11INO4S.C11H8INO4.C11H8NO4.C7H5IO2.3C4H9.Sn/c18-13-7-8-14(19)17(13)21-15(20)10-3-5-11(6-4-10)16-12-2-1-9-22-12;12-8-3-1-7(2-4-8)11(16)17-13-9(14)5-6-10(13)15;13-9-6-7-10(14)12(9)16-11(15)8-4-2-1-3-5-8;8-6-3-1-5(2-4-6)7(9)10;3*1-3-4-2;/h1-6,9H,7-8H2;1-4H,5-6H2;2-5H,6-7H2;1-4H,(H,9,10);3*1,3-4H2,2H3;/q+1;;;;;;;. The fraction of sp³-hybridized carbons (Fsp3) is 0.321. The second-order valence-electron chi connectivity index (χ2n) is 17.9. The number of hydroxylamine groups is 6. The molecule has 8 rings (SSSR count). The number of amides is 6. The average Bonchev–Trinajstić information content (AvgIpc) is 4.24. The minimum Gasteiger partial charge on any atom is -0.478 e. The van der Waals surface area contributed by atoms with Gasteiger partial charge in [-0.05, 0) is 129 Å². The molecule has 0 spiro atoms. The summed E-state index contributed by atoms with van der Waals surface area (Å²) >= 11 is 3.19. The molecule has 4 aromatic carbocycles. The second-order valence-corrected chi connectivity index (χ2v) is 38.2. The zero-order valence-corrected chi connectivity index (χ0v) is 53.4. The molecule has 6 amide bonds. The molecule has 0 atom stereocenters. The molecule has 3 aliphatic rings. The Morgan fingerprint density at radius 3 is 1.13 bits per heavy atom. The van der Waals surface area contributed by atoms with Gasteiger partial charge in [-0.3, -0.25) is 19.2 Å². The molecule has 17 nitrogen and oxygen atoms in total. The predicted molar refractivity (Wildman–Crippen MR) is 304 cm³/mol. The summed E-state index contributed by atoms with van der Waals surface area (Å²) in [6.45, 7) is 6.78. The van der Waals surface area contributed by atoms with Gasteiger partial charge in [0.1, 0.15) is 0 Å². The van der Waals surface area contributed by atoms with Gasteiger partial charge in [0.2, 0.25) is 2.88 Å². The summed E-state index contributed by atoms with van der Waals surface area (Å²) < 4.78 is 10.1. The van der Waals surface area contributed by atoms with E-state index in [9.17, 15) is 47.9 Å². The Bertz CT molecular complexity index is 2840. The first-order chi connectivity index (χ1) is 37.4. The summed E-state index contributed by atoms with van der Waals surface area (Å²) in [6, 6.07) is 32.5. The minimum atomic E-state index is -2.52. The maximum atomic E-state index is 12.4. The number of rotatable bonds is 19. The molecule has 0 bridgehead atoms. The third-order valence-electron chi connectivity index (χ3n) is 12.2. The van der Waals surface area contributed by atoms with E-state index in [1.54, 1.807) is 72.0 Å². The van der Waals surface area contributed by atoms with Gasteiger partial charge in [0.05, 0.1) is 16.7 Å². The number of hydrogen-bond donors (Lipinski definition) is 1. The summed E-state index contributed by atoms with van der Waals surface area (Å²) in [4.78, 5) is 130. The van der Waals surface area contributed by atoms with Crippen LogP contribution in [-0.4, -0.2) is 98.0 Å². The van der Waals surface area contributed by atoms with Crippen molar-refractivity contribution in [2.45, 2.75) is 111 Å². The summed E-state index contributed by atoms with van der Waals surface area (Å²) in [7, 11) is 0. The number of imide groups is 3. The predicted octanol–water partition coefficient (Wildman–Crippen LogP) is 7.56. The number of carboxylic acids is 1. The first-order valence-corrected chi connectivity index (χ1v) is 37.9. The van der Waals surface area contributed by atoms with Gasteiger partial charge in [-0.25, -0.2) is 14.4 Å². The molecule has 412 valence electrons. The number of carboxylic acid groups (broad SMARTS) is 1. The van der Waals surface area contributed by atoms with Crippen molar-refractivity contribution in [3.8, 4) is 0 Å². The molecular weight excluding hydrogens is 1470 g/mol. The van der Waals surface area contributed by atoms with Gasteiger partial charge >= 0.3 is 218 Å². The van der Waals surface area contributed by atoms with Gasteiger partial charge in [-0.1, -0.05) is 11.3 Å². The van der Waals surface area contributed by atoms with Crippen molar-refractivity contribution in [1.82, 2.24) is 15.2 Å². The van der Waals surface area contributed by atoms with E-state index in [1.807, 2.05) is 35.7 Å². The Morgan fingerprint density at radius 1 is 0.500 bits per heavy atom. The van der Waals surface area contributed by atoms with Crippen molar-refractivity contribution in [3.63, 3.8) is 0 Å². The number of thiophene rings is 1. The average molecular weight is 1530 g/mol. The second kappa shape index (κ2) is 32.2. The maximum Gasteiger partial charge on any atom is 0.369 e. The van der Waals surface area contributed by atoms with E-state index in [1.165, 1.54) is 61.9 Å². The van der Waals surface area contributed by atoms with E-state index in [-0.39, 0.29) is 59.7 Å². The molecule has 1 aromatic heterocycles. The van der Waals surface area contributed by atoms with Crippen LogP contribution in [0.3, 0.4) is 0 Å². The van der Waals surface area contributed by atoms with Gasteiger partial charge in [0, 0.05) is 38.9 Å². The molecule has 5 aromatic rings. The van der Waals surface area contributed by atoms with E-state index in [2.05, 4.69) is 84.2 Å². The summed E-state index contributed by atoms with van der Waals surface area (Å²) in [6.07, 6.45) is 8.11. The normalized spacial score (nSPS) is 14.0. The van der Waals surface area contributed by atoms with Crippen LogP contribution in [0.2, 0.25) is 13.3 Å². The molecule has 0 aliphatic carbocycles. The molecule has 22 heteroatoms. The number of benzene rings is 4. The van der Waals surface area contributed by atoms with Gasteiger partial charge < -0.3 is 14.8 Å². The molecular formula is C56H59I3N3O14SSn+. The summed E-state index contributed by atoms with van der Waals surface area (Å²) in [5.41, 5.74) is 1.35. The monoisotopic (exact) mass is 1530 g/mol. The van der Waals surface area contributed by atoms with Crippen LogP contribution < -0.4 is 24.8 Å². The van der Waals surface area contributed by atoms with Crippen molar-refractivity contribution in [2.75, 3.05) is 0 Å². The molecule has 3 fully saturated rings. The Kier molecular flexibility index (Phi) is 26.3. The maximum absolute atomic E-state index is 12.4. The molecule has 1 N–H and O–H groups in total. The fourth-order valence-electron chi connectivity index (χ4n) is 7.94. The largest absolute Gasteiger partial charge is 0.478 e. The Balaban J connectivity index is 0.000000203. The van der Waals surface area contributed by atoms with E-state index in [0.717, 1.165) is 7.14 Å². The van der Waals surface area contributed by atoms with E-state index in [4.69, 9.17) is 19.6 Å². The number of aromatic carboxylic acids is 1. The summed E-state index contributed by atoms with van der Waals surface area (Å²) in [5.74, 6) is -5.72. The molecule has 3 saturated heterocycles. The topological polar surface area (TPSA) is 228 Å². The minimum absolute atomic E-state index is 0.0936. The number of halogens is 3. The van der Waals surface area contributed by atoms with Crippen LogP contribution in [0.15, 0.2) is 115 Å². The van der Waals surface area contributed by atoms with E-state index in [0.29, 0.717) is 37.4 Å². The number of nitrogens with zero attached hydrogens (tertiary/aromatic N) is 3. The quantitative estimate of drug-likeness (QED) is 0.0478. The third kappa shape index (κ3) is 19.3. The zero-order chi connectivity index (χ0) is 56.8. The third-order valence-corrected chi connectivity index (χ3v) is 33.5. The summed E-state index contributed by atoms with van der Waals surface area (Å²) in [5, 5.41) is 12.2. The first-order valence-electron chi connectivity index (χ1n) is 25.3. The number of carbonyl (C=O) groups is 10. The van der Waals surface area contributed by atoms with Gasteiger partial charge in [0.15, 0.2) is 3.57 Å². The van der Waals surface area contributed by atoms with Crippen LogP contribution in [0.4, 0.5) is 0 Å². The van der Waals surface area contributed by atoms with Crippen LogP contribution in [0.5, 0.6) is 0 Å². The van der Waals surface area contributed by atoms with Crippen molar-refractivity contribution in [1.29, 1.82) is 0 Å². The van der Waals surface area contributed by atoms with Crippen molar-refractivity contribution in [2.24, 2.45) is 0 Å². The van der Waals surface area contributed by atoms with Crippen LogP contribution >= 0.6 is 56.5 Å². The van der Waals surface area contributed by atoms with Crippen LogP contribution in [0.1, 0.15) is 139 Å². The van der Waals surface area contributed by atoms with Gasteiger partial charge in [0.25, 0.3) is 23.6 Å². The fourth-order valence-corrected chi connectivity index (χ4v) is 28.2. The smallest absolute Gasteiger partial charge is 0.369 e.